The van der Waals surface area contributed by atoms with E-state index in [9.17, 15) is 13.2 Å². The Morgan fingerprint density at radius 2 is 1.67 bits per heavy atom. The van der Waals surface area contributed by atoms with Gasteiger partial charge in [-0.25, -0.2) is 9.97 Å². The molecule has 140 valence electrons. The SMILES string of the molecule is CCc1ccccc1N(C)c1ncc(C(F)(F)F)c(Sc2ccccc2)n1. The van der Waals surface area contributed by atoms with Gasteiger partial charge in [0.25, 0.3) is 0 Å². The zero-order valence-electron chi connectivity index (χ0n) is 14.9. The minimum atomic E-state index is -4.52. The maximum Gasteiger partial charge on any atom is 0.420 e. The molecule has 0 atom stereocenters. The van der Waals surface area contributed by atoms with Crippen LogP contribution in [0.2, 0.25) is 0 Å². The van der Waals surface area contributed by atoms with E-state index < -0.39 is 11.7 Å². The molecule has 0 unspecified atom stereocenters. The number of hydrogen-bond acceptors (Lipinski definition) is 4. The summed E-state index contributed by atoms with van der Waals surface area (Å²) < 4.78 is 40.3. The van der Waals surface area contributed by atoms with Crippen molar-refractivity contribution in [3.05, 3.63) is 71.9 Å². The smallest absolute Gasteiger partial charge is 0.313 e. The lowest BCUT2D eigenvalue weighted by Gasteiger charge is -2.21. The van der Waals surface area contributed by atoms with E-state index in [2.05, 4.69) is 9.97 Å². The molecule has 7 heteroatoms. The fourth-order valence-corrected chi connectivity index (χ4v) is 3.56. The first-order valence-corrected chi connectivity index (χ1v) is 9.20. The second kappa shape index (κ2) is 8.00. The number of alkyl halides is 3. The molecule has 3 aromatic rings. The number of hydrogen-bond donors (Lipinski definition) is 0. The third-order valence-electron chi connectivity index (χ3n) is 4.04. The number of aryl methyl sites for hydroxylation is 1. The summed E-state index contributed by atoms with van der Waals surface area (Å²) in [4.78, 5) is 10.6. The minimum absolute atomic E-state index is 0.112. The van der Waals surface area contributed by atoms with Gasteiger partial charge in [0.05, 0.1) is 0 Å². The van der Waals surface area contributed by atoms with Gasteiger partial charge >= 0.3 is 6.18 Å². The van der Waals surface area contributed by atoms with E-state index in [1.807, 2.05) is 37.3 Å². The summed E-state index contributed by atoms with van der Waals surface area (Å²) in [5.41, 5.74) is 1.11. The number of rotatable bonds is 5. The molecule has 0 fully saturated rings. The Hall–Kier alpha value is -2.54. The number of nitrogens with zero attached hydrogens (tertiary/aromatic N) is 3. The molecule has 0 amide bonds. The van der Waals surface area contributed by atoms with E-state index in [-0.39, 0.29) is 11.0 Å². The van der Waals surface area contributed by atoms with E-state index in [1.165, 1.54) is 0 Å². The van der Waals surface area contributed by atoms with Crippen LogP contribution < -0.4 is 4.90 Å². The fraction of sp³-hybridized carbons (Fsp3) is 0.200. The van der Waals surface area contributed by atoms with Gasteiger partial charge in [-0.1, -0.05) is 55.1 Å². The van der Waals surface area contributed by atoms with Gasteiger partial charge in [0, 0.05) is 23.8 Å². The highest BCUT2D eigenvalue weighted by Crippen LogP contribution is 2.39. The summed E-state index contributed by atoms with van der Waals surface area (Å²) >= 11 is 0.980. The van der Waals surface area contributed by atoms with Crippen molar-refractivity contribution in [3.8, 4) is 0 Å². The van der Waals surface area contributed by atoms with Gasteiger partial charge in [-0.2, -0.15) is 13.2 Å². The Morgan fingerprint density at radius 3 is 2.33 bits per heavy atom. The highest BCUT2D eigenvalue weighted by Gasteiger charge is 2.35. The lowest BCUT2D eigenvalue weighted by molar-refractivity contribution is -0.140. The highest BCUT2D eigenvalue weighted by atomic mass is 32.2. The summed E-state index contributed by atoms with van der Waals surface area (Å²) in [7, 11) is 1.76. The molecule has 0 radical (unpaired) electrons. The molecule has 3 rings (SSSR count). The van der Waals surface area contributed by atoms with Crippen LogP contribution in [0, 0.1) is 0 Å². The molecule has 3 nitrogen and oxygen atoms in total. The van der Waals surface area contributed by atoms with E-state index >= 15 is 0 Å². The monoisotopic (exact) mass is 389 g/mol. The van der Waals surface area contributed by atoms with Crippen molar-refractivity contribution in [1.82, 2.24) is 9.97 Å². The van der Waals surface area contributed by atoms with Crippen molar-refractivity contribution in [1.29, 1.82) is 0 Å². The fourth-order valence-electron chi connectivity index (χ4n) is 2.64. The van der Waals surface area contributed by atoms with Gasteiger partial charge in [0.15, 0.2) is 0 Å². The maximum absolute atomic E-state index is 13.4. The van der Waals surface area contributed by atoms with Crippen LogP contribution in [0.4, 0.5) is 24.8 Å². The molecule has 1 heterocycles. The molecule has 1 aromatic heterocycles. The molecule has 0 aliphatic heterocycles. The number of para-hydroxylation sites is 1. The summed E-state index contributed by atoms with van der Waals surface area (Å²) in [6, 6.07) is 16.6. The number of benzene rings is 2. The molecule has 27 heavy (non-hydrogen) atoms. The molecular formula is C20H18F3N3S. The lowest BCUT2D eigenvalue weighted by Crippen LogP contribution is -2.17. The van der Waals surface area contributed by atoms with Gasteiger partial charge in [-0.3, -0.25) is 0 Å². The quantitative estimate of drug-likeness (QED) is 0.502. The van der Waals surface area contributed by atoms with Crippen LogP contribution in [0.1, 0.15) is 18.1 Å². The average Bonchev–Trinajstić information content (AvgIpc) is 2.67. The normalized spacial score (nSPS) is 11.4. The zero-order valence-corrected chi connectivity index (χ0v) is 15.7. The third-order valence-corrected chi connectivity index (χ3v) is 5.05. The largest absolute Gasteiger partial charge is 0.420 e. The molecular weight excluding hydrogens is 371 g/mol. The summed E-state index contributed by atoms with van der Waals surface area (Å²) in [6.07, 6.45) is -2.86. The van der Waals surface area contributed by atoms with Crippen molar-refractivity contribution in [3.63, 3.8) is 0 Å². The first-order chi connectivity index (χ1) is 12.9. The Morgan fingerprint density at radius 1 is 1.00 bits per heavy atom. The third kappa shape index (κ3) is 4.42. The lowest BCUT2D eigenvalue weighted by atomic mass is 10.1. The van der Waals surface area contributed by atoms with Crippen LogP contribution >= 0.6 is 11.8 Å². The van der Waals surface area contributed by atoms with Gasteiger partial charge in [-0.15, -0.1) is 0 Å². The van der Waals surface area contributed by atoms with E-state index in [0.29, 0.717) is 4.90 Å². The first-order valence-electron chi connectivity index (χ1n) is 8.39. The van der Waals surface area contributed by atoms with Crippen LogP contribution in [0.15, 0.2) is 70.7 Å². The molecule has 0 aliphatic carbocycles. The van der Waals surface area contributed by atoms with Gasteiger partial charge in [0.2, 0.25) is 5.95 Å². The minimum Gasteiger partial charge on any atom is -0.313 e. The molecule has 0 saturated heterocycles. The number of halogens is 3. The predicted molar refractivity (Wildman–Crippen MR) is 101 cm³/mol. The van der Waals surface area contributed by atoms with E-state index in [0.717, 1.165) is 35.6 Å². The van der Waals surface area contributed by atoms with Crippen LogP contribution in [-0.2, 0) is 12.6 Å². The van der Waals surface area contributed by atoms with Crippen molar-refractivity contribution in [2.75, 3.05) is 11.9 Å². The summed E-state index contributed by atoms with van der Waals surface area (Å²) in [6.45, 7) is 2.02. The van der Waals surface area contributed by atoms with Gasteiger partial charge in [0.1, 0.15) is 10.6 Å². The molecule has 0 spiro atoms. The highest BCUT2D eigenvalue weighted by molar-refractivity contribution is 7.99. The van der Waals surface area contributed by atoms with Crippen molar-refractivity contribution >= 4 is 23.4 Å². The predicted octanol–water partition coefficient (Wildman–Crippen LogP) is 5.98. The Kier molecular flexibility index (Phi) is 5.70. The second-order valence-corrected chi connectivity index (χ2v) is 6.91. The molecule has 0 N–H and O–H groups in total. The Balaban J connectivity index is 2.03. The zero-order chi connectivity index (χ0) is 19.4. The van der Waals surface area contributed by atoms with Crippen LogP contribution in [0.3, 0.4) is 0 Å². The van der Waals surface area contributed by atoms with E-state index in [4.69, 9.17) is 0 Å². The maximum atomic E-state index is 13.4. The number of anilines is 2. The second-order valence-electron chi connectivity index (χ2n) is 5.84. The van der Waals surface area contributed by atoms with Crippen LogP contribution in [0.5, 0.6) is 0 Å². The molecule has 0 aliphatic rings. The molecule has 2 aromatic carbocycles. The standard InChI is InChI=1S/C20H18F3N3S/c1-3-14-9-7-8-12-17(14)26(2)19-24-13-16(20(21,22)23)18(25-19)27-15-10-5-4-6-11-15/h4-13H,3H2,1-2H3. The van der Waals surface area contributed by atoms with Crippen molar-refractivity contribution in [2.24, 2.45) is 0 Å². The van der Waals surface area contributed by atoms with Gasteiger partial charge in [-0.05, 0) is 30.2 Å². The summed E-state index contributed by atoms with van der Waals surface area (Å²) in [5, 5.41) is -0.112. The number of aromatic nitrogens is 2. The van der Waals surface area contributed by atoms with E-state index in [1.54, 1.807) is 36.2 Å². The van der Waals surface area contributed by atoms with Crippen molar-refractivity contribution < 1.29 is 13.2 Å². The Bertz CT molecular complexity index is 914. The Labute approximate surface area is 160 Å². The summed E-state index contributed by atoms with van der Waals surface area (Å²) in [5.74, 6) is 0.224. The molecule has 0 bridgehead atoms. The average molecular weight is 389 g/mol. The molecule has 0 saturated carbocycles. The van der Waals surface area contributed by atoms with Crippen molar-refractivity contribution in [2.45, 2.75) is 29.4 Å². The van der Waals surface area contributed by atoms with Gasteiger partial charge < -0.3 is 4.90 Å². The van der Waals surface area contributed by atoms with Crippen LogP contribution in [0.25, 0.3) is 0 Å². The van der Waals surface area contributed by atoms with Crippen LogP contribution in [-0.4, -0.2) is 17.0 Å². The topological polar surface area (TPSA) is 29.0 Å². The first kappa shape index (κ1) is 19.2.